The largest absolute Gasteiger partial charge is 0.357 e. The monoisotopic (exact) mass is 303 g/mol. The molecule has 2 aromatic heterocycles. The van der Waals surface area contributed by atoms with Gasteiger partial charge < -0.3 is 10.3 Å². The Bertz CT molecular complexity index is 550. The molecule has 5 heteroatoms. The summed E-state index contributed by atoms with van der Waals surface area (Å²) in [5.41, 5.74) is 0.640. The van der Waals surface area contributed by atoms with E-state index in [1.807, 2.05) is 17.4 Å². The number of aromatic nitrogens is 1. The van der Waals surface area contributed by atoms with Crippen LogP contribution >= 0.6 is 11.3 Å². The SMILES string of the molecule is O=C(NC[C@H]1CCCN(Cc2cccs2)C1)c1ccc[nH]1. The maximum absolute atomic E-state index is 11.9. The molecule has 2 N–H and O–H groups in total. The van der Waals surface area contributed by atoms with Gasteiger partial charge in [-0.2, -0.15) is 0 Å². The number of likely N-dealkylation sites (tertiary alicyclic amines) is 1. The van der Waals surface area contributed by atoms with Crippen LogP contribution in [0.1, 0.15) is 28.2 Å². The second-order valence-corrected chi connectivity index (χ2v) is 6.65. The van der Waals surface area contributed by atoms with Crippen LogP contribution in [0.2, 0.25) is 0 Å². The summed E-state index contributed by atoms with van der Waals surface area (Å²) in [5.74, 6) is 0.549. The molecule has 1 aliphatic heterocycles. The van der Waals surface area contributed by atoms with Crippen LogP contribution in [0.25, 0.3) is 0 Å². The van der Waals surface area contributed by atoms with Gasteiger partial charge in [0.2, 0.25) is 0 Å². The first-order chi connectivity index (χ1) is 10.3. The van der Waals surface area contributed by atoms with Gasteiger partial charge in [0.25, 0.3) is 5.91 Å². The van der Waals surface area contributed by atoms with Gasteiger partial charge in [0, 0.05) is 30.7 Å². The van der Waals surface area contributed by atoms with E-state index in [9.17, 15) is 4.79 Å². The second-order valence-electron chi connectivity index (χ2n) is 5.62. The van der Waals surface area contributed by atoms with Crippen molar-refractivity contribution in [2.45, 2.75) is 19.4 Å². The van der Waals surface area contributed by atoms with Crippen molar-refractivity contribution in [3.05, 3.63) is 46.4 Å². The first kappa shape index (κ1) is 14.4. The van der Waals surface area contributed by atoms with E-state index in [-0.39, 0.29) is 5.91 Å². The Kier molecular flexibility index (Phi) is 4.72. The standard InChI is InChI=1S/C16H21N3OS/c20-16(15-6-1-7-17-15)18-10-13-4-2-8-19(11-13)12-14-5-3-9-21-14/h1,3,5-7,9,13,17H,2,4,8,10-12H2,(H,18,20)/t13-/m1/s1. The Labute approximate surface area is 129 Å². The van der Waals surface area contributed by atoms with Crippen LogP contribution in [0.3, 0.4) is 0 Å². The number of nitrogens with zero attached hydrogens (tertiary/aromatic N) is 1. The maximum Gasteiger partial charge on any atom is 0.267 e. The summed E-state index contributed by atoms with van der Waals surface area (Å²) < 4.78 is 0. The topological polar surface area (TPSA) is 48.1 Å². The highest BCUT2D eigenvalue weighted by Crippen LogP contribution is 2.20. The van der Waals surface area contributed by atoms with Gasteiger partial charge in [0.05, 0.1) is 0 Å². The smallest absolute Gasteiger partial charge is 0.267 e. The van der Waals surface area contributed by atoms with Crippen LogP contribution in [0.15, 0.2) is 35.8 Å². The molecule has 1 fully saturated rings. The van der Waals surface area contributed by atoms with Crippen molar-refractivity contribution in [3.63, 3.8) is 0 Å². The minimum atomic E-state index is -0.00428. The molecule has 0 bridgehead atoms. The summed E-state index contributed by atoms with van der Waals surface area (Å²) in [7, 11) is 0. The Morgan fingerprint density at radius 3 is 3.14 bits per heavy atom. The van der Waals surface area contributed by atoms with Gasteiger partial charge in [-0.1, -0.05) is 6.07 Å². The molecule has 3 rings (SSSR count). The molecular formula is C16H21N3OS. The minimum absolute atomic E-state index is 0.00428. The Morgan fingerprint density at radius 2 is 2.38 bits per heavy atom. The number of piperidine rings is 1. The van der Waals surface area contributed by atoms with Gasteiger partial charge in [-0.25, -0.2) is 0 Å². The molecule has 1 aliphatic rings. The zero-order valence-electron chi connectivity index (χ0n) is 12.0. The molecule has 4 nitrogen and oxygen atoms in total. The molecule has 112 valence electrons. The van der Waals surface area contributed by atoms with E-state index in [1.165, 1.54) is 24.3 Å². The van der Waals surface area contributed by atoms with Crippen LogP contribution < -0.4 is 5.32 Å². The van der Waals surface area contributed by atoms with E-state index in [0.29, 0.717) is 11.6 Å². The van der Waals surface area contributed by atoms with Gasteiger partial charge in [-0.15, -0.1) is 11.3 Å². The van der Waals surface area contributed by atoms with Gasteiger partial charge in [-0.3, -0.25) is 9.69 Å². The maximum atomic E-state index is 11.9. The van der Waals surface area contributed by atoms with Gasteiger partial charge >= 0.3 is 0 Å². The Morgan fingerprint density at radius 1 is 1.43 bits per heavy atom. The molecule has 1 saturated heterocycles. The predicted octanol–water partition coefficient (Wildman–Crippen LogP) is 2.72. The van der Waals surface area contributed by atoms with Crippen molar-refractivity contribution in [2.24, 2.45) is 5.92 Å². The summed E-state index contributed by atoms with van der Waals surface area (Å²) >= 11 is 1.82. The quantitative estimate of drug-likeness (QED) is 0.892. The van der Waals surface area contributed by atoms with Crippen LogP contribution in [0, 0.1) is 5.92 Å². The summed E-state index contributed by atoms with van der Waals surface area (Å²) in [6.07, 6.45) is 4.19. The third-order valence-corrected chi connectivity index (χ3v) is 4.82. The fourth-order valence-corrected chi connectivity index (χ4v) is 3.63. The summed E-state index contributed by atoms with van der Waals surface area (Å²) in [6.45, 7) is 4.04. The van der Waals surface area contributed by atoms with E-state index >= 15 is 0 Å². The van der Waals surface area contributed by atoms with Crippen molar-refractivity contribution in [1.82, 2.24) is 15.2 Å². The van der Waals surface area contributed by atoms with Gasteiger partial charge in [0.1, 0.15) is 5.69 Å². The lowest BCUT2D eigenvalue weighted by Gasteiger charge is -2.32. The molecule has 0 saturated carbocycles. The van der Waals surface area contributed by atoms with Crippen LogP contribution in [0.5, 0.6) is 0 Å². The van der Waals surface area contributed by atoms with Gasteiger partial charge in [-0.05, 0) is 48.9 Å². The molecule has 21 heavy (non-hydrogen) atoms. The highest BCUT2D eigenvalue weighted by molar-refractivity contribution is 7.09. The van der Waals surface area contributed by atoms with E-state index in [2.05, 4.69) is 32.7 Å². The average molecular weight is 303 g/mol. The lowest BCUT2D eigenvalue weighted by atomic mass is 9.98. The van der Waals surface area contributed by atoms with Crippen LogP contribution in [0.4, 0.5) is 0 Å². The number of nitrogens with one attached hydrogen (secondary N) is 2. The minimum Gasteiger partial charge on any atom is -0.357 e. The molecule has 1 atom stereocenters. The molecule has 0 unspecified atom stereocenters. The second kappa shape index (κ2) is 6.91. The van der Waals surface area contributed by atoms with Crippen molar-refractivity contribution < 1.29 is 4.79 Å². The number of hydrogen-bond donors (Lipinski definition) is 2. The zero-order valence-corrected chi connectivity index (χ0v) is 12.9. The molecule has 1 amide bonds. The van der Waals surface area contributed by atoms with Crippen molar-refractivity contribution in [3.8, 4) is 0 Å². The first-order valence-electron chi connectivity index (χ1n) is 7.47. The molecule has 0 spiro atoms. The molecule has 0 aromatic carbocycles. The lowest BCUT2D eigenvalue weighted by Crippen LogP contribution is -2.40. The van der Waals surface area contributed by atoms with Crippen LogP contribution in [-0.2, 0) is 6.54 Å². The van der Waals surface area contributed by atoms with E-state index in [1.54, 1.807) is 12.3 Å². The number of H-pyrrole nitrogens is 1. The highest BCUT2D eigenvalue weighted by atomic mass is 32.1. The van der Waals surface area contributed by atoms with Crippen molar-refractivity contribution >= 4 is 17.2 Å². The molecule has 0 radical (unpaired) electrons. The zero-order chi connectivity index (χ0) is 14.5. The number of carbonyl (C=O) groups is 1. The Balaban J connectivity index is 1.46. The fraction of sp³-hybridized carbons (Fsp3) is 0.438. The Hall–Kier alpha value is -1.59. The third kappa shape index (κ3) is 3.95. The highest BCUT2D eigenvalue weighted by Gasteiger charge is 2.21. The number of carbonyl (C=O) groups excluding carboxylic acids is 1. The number of hydrogen-bond acceptors (Lipinski definition) is 3. The number of thiophene rings is 1. The fourth-order valence-electron chi connectivity index (χ4n) is 2.89. The number of aromatic amines is 1. The number of amides is 1. The molecule has 2 aromatic rings. The third-order valence-electron chi connectivity index (χ3n) is 3.96. The van der Waals surface area contributed by atoms with E-state index in [4.69, 9.17) is 0 Å². The van der Waals surface area contributed by atoms with Gasteiger partial charge in [0.15, 0.2) is 0 Å². The van der Waals surface area contributed by atoms with Crippen molar-refractivity contribution in [2.75, 3.05) is 19.6 Å². The molecular weight excluding hydrogens is 282 g/mol. The van der Waals surface area contributed by atoms with E-state index in [0.717, 1.165) is 19.6 Å². The lowest BCUT2D eigenvalue weighted by molar-refractivity contribution is 0.0926. The van der Waals surface area contributed by atoms with Crippen molar-refractivity contribution in [1.29, 1.82) is 0 Å². The van der Waals surface area contributed by atoms with E-state index < -0.39 is 0 Å². The summed E-state index contributed by atoms with van der Waals surface area (Å²) in [5, 5.41) is 5.17. The first-order valence-corrected chi connectivity index (χ1v) is 8.35. The molecule has 3 heterocycles. The summed E-state index contributed by atoms with van der Waals surface area (Å²) in [4.78, 5) is 18.8. The average Bonchev–Trinajstić information content (AvgIpc) is 3.18. The molecule has 0 aliphatic carbocycles. The predicted molar refractivity (Wildman–Crippen MR) is 85.4 cm³/mol. The number of rotatable bonds is 5. The summed E-state index contributed by atoms with van der Waals surface area (Å²) in [6, 6.07) is 7.96. The van der Waals surface area contributed by atoms with Crippen LogP contribution in [-0.4, -0.2) is 35.4 Å². The normalized spacial score (nSPS) is 19.5.